The molecule has 0 saturated carbocycles. The minimum absolute atomic E-state index is 0.0742. The van der Waals surface area contributed by atoms with E-state index in [2.05, 4.69) is 69.5 Å². The number of nitrogens with one attached hydrogen (secondary N) is 2. The molecule has 3 aromatic rings. The van der Waals surface area contributed by atoms with E-state index < -0.39 is 0 Å². The summed E-state index contributed by atoms with van der Waals surface area (Å²) in [5.74, 6) is 0. The lowest BCUT2D eigenvalue weighted by Gasteiger charge is -2.31. The molecule has 206 valence electrons. The summed E-state index contributed by atoms with van der Waals surface area (Å²) in [6.07, 6.45) is 2.30. The van der Waals surface area contributed by atoms with Crippen LogP contribution in [0.4, 0.5) is 11.4 Å². The Morgan fingerprint density at radius 1 is 0.923 bits per heavy atom. The Labute approximate surface area is 238 Å². The number of anilines is 2. The number of fused-ring (bicyclic) bond motifs is 2. The van der Waals surface area contributed by atoms with Gasteiger partial charge in [-0.3, -0.25) is 9.69 Å². The number of aromatic nitrogens is 1. The Bertz CT molecular complexity index is 1350. The van der Waals surface area contributed by atoms with Crippen molar-refractivity contribution < 1.29 is 9.47 Å². The fraction of sp³-hybridized carbons (Fsp3) is 0.433. The molecule has 3 aliphatic heterocycles. The van der Waals surface area contributed by atoms with Crippen LogP contribution in [0.5, 0.6) is 0 Å². The maximum atomic E-state index is 12.6. The molecule has 2 fully saturated rings. The predicted octanol–water partition coefficient (Wildman–Crippen LogP) is 5.41. The lowest BCUT2D eigenvalue weighted by atomic mass is 10.1. The smallest absolute Gasteiger partial charge is 0.250 e. The summed E-state index contributed by atoms with van der Waals surface area (Å²) >= 11 is 3.60. The normalized spacial score (nSPS) is 18.3. The zero-order valence-corrected chi connectivity index (χ0v) is 24.0. The topological polar surface area (TPSA) is 69.8 Å². The van der Waals surface area contributed by atoms with Crippen molar-refractivity contribution in [2.24, 2.45) is 0 Å². The number of rotatable bonds is 8. The first-order valence-electron chi connectivity index (χ1n) is 13.9. The van der Waals surface area contributed by atoms with Gasteiger partial charge in [0.1, 0.15) is 0 Å². The third kappa shape index (κ3) is 6.33. The number of ether oxygens (including phenoxy) is 2. The molecule has 2 saturated heterocycles. The summed E-state index contributed by atoms with van der Waals surface area (Å²) in [4.78, 5) is 25.4. The number of hydrogen-bond acceptors (Lipinski definition) is 8. The van der Waals surface area contributed by atoms with E-state index in [1.54, 1.807) is 17.8 Å². The molecule has 1 atom stereocenters. The molecule has 0 spiro atoms. The molecular weight excluding hydrogens is 528 g/mol. The van der Waals surface area contributed by atoms with Crippen LogP contribution in [0.25, 0.3) is 11.3 Å². The first-order chi connectivity index (χ1) is 19.2. The van der Waals surface area contributed by atoms with E-state index in [-0.39, 0.29) is 5.56 Å². The van der Waals surface area contributed by atoms with Crippen molar-refractivity contribution >= 4 is 34.9 Å². The van der Waals surface area contributed by atoms with Crippen LogP contribution in [0.3, 0.4) is 0 Å². The van der Waals surface area contributed by atoms with Crippen LogP contribution in [0, 0.1) is 0 Å². The first-order valence-corrected chi connectivity index (χ1v) is 15.6. The Balaban J connectivity index is 1.22. The third-order valence-electron chi connectivity index (χ3n) is 7.44. The zero-order chi connectivity index (χ0) is 26.6. The number of nitrogens with zero attached hydrogens (tertiary/aromatic N) is 2. The van der Waals surface area contributed by atoms with Gasteiger partial charge in [0.15, 0.2) is 0 Å². The Morgan fingerprint density at radius 3 is 2.51 bits per heavy atom. The van der Waals surface area contributed by atoms with Crippen molar-refractivity contribution in [2.75, 3.05) is 69.4 Å². The predicted molar refractivity (Wildman–Crippen MR) is 160 cm³/mol. The van der Waals surface area contributed by atoms with Crippen molar-refractivity contribution in [3.63, 3.8) is 0 Å². The fourth-order valence-corrected chi connectivity index (χ4v) is 7.88. The van der Waals surface area contributed by atoms with Gasteiger partial charge in [0.25, 0.3) is 0 Å². The highest BCUT2D eigenvalue weighted by molar-refractivity contribution is 8.05. The van der Waals surface area contributed by atoms with Crippen LogP contribution in [-0.2, 0) is 9.47 Å². The number of hydrogen-bond donors (Lipinski definition) is 2. The number of morpholine rings is 2. The molecule has 6 rings (SSSR count). The van der Waals surface area contributed by atoms with Crippen LogP contribution < -0.4 is 15.8 Å². The van der Waals surface area contributed by atoms with Crippen molar-refractivity contribution in [2.45, 2.75) is 45.4 Å². The maximum absolute atomic E-state index is 12.6. The van der Waals surface area contributed by atoms with Crippen molar-refractivity contribution in [3.8, 4) is 11.3 Å². The van der Waals surface area contributed by atoms with Gasteiger partial charge in [-0.25, -0.2) is 0 Å². The van der Waals surface area contributed by atoms with Crippen LogP contribution in [-0.4, -0.2) is 75.1 Å². The van der Waals surface area contributed by atoms with E-state index in [0.29, 0.717) is 19.3 Å². The van der Waals surface area contributed by atoms with Crippen LogP contribution in [0.1, 0.15) is 19.8 Å². The van der Waals surface area contributed by atoms with Gasteiger partial charge in [-0.05, 0) is 36.8 Å². The van der Waals surface area contributed by atoms with E-state index in [0.717, 1.165) is 75.7 Å². The molecular formula is C30H36N4O3S2. The van der Waals surface area contributed by atoms with E-state index in [1.807, 2.05) is 11.8 Å². The highest BCUT2D eigenvalue weighted by Gasteiger charge is 2.23. The summed E-state index contributed by atoms with van der Waals surface area (Å²) in [5.41, 5.74) is 3.99. The molecule has 0 aliphatic carbocycles. The molecule has 7 nitrogen and oxygen atoms in total. The summed E-state index contributed by atoms with van der Waals surface area (Å²) in [7, 11) is 0. The molecule has 0 bridgehead atoms. The molecule has 3 aliphatic rings. The Hall–Kier alpha value is -2.43. The molecule has 9 heteroatoms. The summed E-state index contributed by atoms with van der Waals surface area (Å²) in [6, 6.07) is 17.4. The lowest BCUT2D eigenvalue weighted by molar-refractivity contribution is 0.0358. The largest absolute Gasteiger partial charge is 0.381 e. The average Bonchev–Trinajstić information content (AvgIpc) is 2.96. The molecule has 1 unspecified atom stereocenters. The van der Waals surface area contributed by atoms with Crippen molar-refractivity contribution in [1.29, 1.82) is 0 Å². The monoisotopic (exact) mass is 564 g/mol. The Morgan fingerprint density at radius 2 is 1.72 bits per heavy atom. The number of pyridine rings is 1. The zero-order valence-electron chi connectivity index (χ0n) is 22.4. The number of H-pyrrole nitrogens is 1. The van der Waals surface area contributed by atoms with Crippen molar-refractivity contribution in [1.82, 2.24) is 9.88 Å². The van der Waals surface area contributed by atoms with Gasteiger partial charge >= 0.3 is 0 Å². The van der Waals surface area contributed by atoms with Crippen LogP contribution in [0.2, 0.25) is 0 Å². The fourth-order valence-electron chi connectivity index (χ4n) is 5.47. The van der Waals surface area contributed by atoms with Gasteiger partial charge in [-0.1, -0.05) is 49.0 Å². The summed E-state index contributed by atoms with van der Waals surface area (Å²) in [6.45, 7) is 9.97. The molecule has 0 radical (unpaired) electrons. The van der Waals surface area contributed by atoms with E-state index in [1.165, 1.54) is 25.3 Å². The third-order valence-corrected chi connectivity index (χ3v) is 10.0. The van der Waals surface area contributed by atoms with Gasteiger partial charge in [-0.2, -0.15) is 0 Å². The minimum Gasteiger partial charge on any atom is -0.381 e. The second kappa shape index (κ2) is 12.4. The second-order valence-electron chi connectivity index (χ2n) is 10.3. The Kier molecular flexibility index (Phi) is 8.51. The quantitative estimate of drug-likeness (QED) is 0.295. The average molecular weight is 565 g/mol. The van der Waals surface area contributed by atoms with Gasteiger partial charge in [0.05, 0.1) is 32.1 Å². The molecule has 2 aromatic carbocycles. The highest BCUT2D eigenvalue weighted by atomic mass is 32.2. The molecule has 1 aromatic heterocycles. The standard InChI is InChI=1S/C30H36N4O3S2/c1-2-4-22(20-33-9-13-36-14-10-33)31-21-7-8-26-28(17-21)38-27-6-3-5-24(30(27)39-26)25-18-23(19-29(35)32-25)34-11-15-37-16-12-34/h3,5-8,17-19,22,31H,2,4,9-16,20H2,1H3,(H,32,35). The van der Waals surface area contributed by atoms with Gasteiger partial charge in [0.2, 0.25) is 5.56 Å². The van der Waals surface area contributed by atoms with E-state index >= 15 is 0 Å². The highest BCUT2D eigenvalue weighted by Crippen LogP contribution is 2.52. The van der Waals surface area contributed by atoms with Crippen molar-refractivity contribution in [3.05, 3.63) is 58.9 Å². The van der Waals surface area contributed by atoms with Crippen LogP contribution in [0.15, 0.2) is 72.9 Å². The maximum Gasteiger partial charge on any atom is 0.250 e. The van der Waals surface area contributed by atoms with Gasteiger partial charge in [-0.15, -0.1) is 0 Å². The van der Waals surface area contributed by atoms with Crippen LogP contribution >= 0.6 is 23.5 Å². The minimum atomic E-state index is -0.0742. The van der Waals surface area contributed by atoms with E-state index in [9.17, 15) is 4.79 Å². The number of benzene rings is 2. The second-order valence-corrected chi connectivity index (χ2v) is 12.4. The molecule has 39 heavy (non-hydrogen) atoms. The summed E-state index contributed by atoms with van der Waals surface area (Å²) in [5, 5.41) is 3.82. The summed E-state index contributed by atoms with van der Waals surface area (Å²) < 4.78 is 11.0. The van der Waals surface area contributed by atoms with E-state index in [4.69, 9.17) is 9.47 Å². The molecule has 0 amide bonds. The SMILES string of the molecule is CCCC(CN1CCOCC1)Nc1ccc2c(c1)Sc1cccc(-c3cc(N4CCOCC4)cc(=O)[nH]3)c1S2. The van der Waals surface area contributed by atoms with Gasteiger partial charge < -0.3 is 24.7 Å². The molecule has 2 N–H and O–H groups in total. The number of aromatic amines is 1. The van der Waals surface area contributed by atoms with Gasteiger partial charge in [0, 0.05) is 81.4 Å². The lowest BCUT2D eigenvalue weighted by Crippen LogP contribution is -2.43. The first kappa shape index (κ1) is 26.8. The molecule has 4 heterocycles.